The van der Waals surface area contributed by atoms with Crippen LogP contribution in [-0.4, -0.2) is 0 Å². The van der Waals surface area contributed by atoms with Crippen molar-refractivity contribution in [2.45, 2.75) is 0 Å². The quantitative estimate of drug-likeness (QED) is 0.174. The molecule has 0 fully saturated rings. The third-order valence-corrected chi connectivity index (χ3v) is 11.8. The number of hydrogen-bond donors (Lipinski definition) is 0. The van der Waals surface area contributed by atoms with Gasteiger partial charge in [-0.2, -0.15) is 0 Å². The molecule has 0 radical (unpaired) electrons. The molecule has 0 saturated carbocycles. The summed E-state index contributed by atoms with van der Waals surface area (Å²) in [4.78, 5) is 2.59. The fraction of sp³-hybridized carbons (Fsp3) is 0. The third kappa shape index (κ3) is 4.07. The minimum absolute atomic E-state index is 1.18. The van der Waals surface area contributed by atoms with Crippen LogP contribution >= 0.6 is 22.7 Å². The van der Waals surface area contributed by atoms with Gasteiger partial charge in [0.25, 0.3) is 0 Å². The van der Waals surface area contributed by atoms with Crippen LogP contribution in [0.15, 0.2) is 164 Å². The number of hydrogen-bond acceptors (Lipinski definition) is 3. The highest BCUT2D eigenvalue weighted by molar-refractivity contribution is 7.26. The van der Waals surface area contributed by atoms with Crippen molar-refractivity contribution in [3.05, 3.63) is 164 Å². The van der Waals surface area contributed by atoms with Gasteiger partial charge in [0.2, 0.25) is 0 Å². The van der Waals surface area contributed by atoms with Gasteiger partial charge in [-0.25, -0.2) is 0 Å². The second kappa shape index (κ2) is 10.5. The van der Waals surface area contributed by atoms with Gasteiger partial charge in [-0.1, -0.05) is 133 Å². The van der Waals surface area contributed by atoms with E-state index in [2.05, 4.69) is 169 Å². The zero-order valence-electron chi connectivity index (χ0n) is 25.4. The van der Waals surface area contributed by atoms with Crippen LogP contribution in [0.1, 0.15) is 0 Å². The second-order valence-corrected chi connectivity index (χ2v) is 14.2. The lowest BCUT2D eigenvalue weighted by Gasteiger charge is -2.31. The van der Waals surface area contributed by atoms with Crippen molar-refractivity contribution in [3.8, 4) is 11.1 Å². The average Bonchev–Trinajstić information content (AvgIpc) is 3.71. The molecule has 1 nitrogen and oxygen atoms in total. The zero-order valence-corrected chi connectivity index (χ0v) is 27.0. The van der Waals surface area contributed by atoms with Gasteiger partial charge in [0.05, 0.1) is 21.8 Å². The second-order valence-electron chi connectivity index (χ2n) is 12.0. The van der Waals surface area contributed by atoms with Crippen molar-refractivity contribution in [2.75, 3.05) is 4.90 Å². The minimum Gasteiger partial charge on any atom is -0.307 e. The summed E-state index contributed by atoms with van der Waals surface area (Å²) >= 11 is 3.77. The maximum Gasteiger partial charge on any atom is 0.0719 e. The van der Waals surface area contributed by atoms with Crippen LogP contribution in [0, 0.1) is 0 Å². The highest BCUT2D eigenvalue weighted by Gasteiger charge is 2.26. The number of benzene rings is 8. The Labute approximate surface area is 280 Å². The van der Waals surface area contributed by atoms with Crippen LogP contribution in [0.5, 0.6) is 0 Å². The summed E-state index contributed by atoms with van der Waals surface area (Å²) in [5.41, 5.74) is 6.03. The van der Waals surface area contributed by atoms with Crippen LogP contribution in [-0.2, 0) is 0 Å². The molecule has 0 unspecified atom stereocenters. The molecular formula is C44H27NS2. The molecule has 0 aliphatic rings. The van der Waals surface area contributed by atoms with Gasteiger partial charge in [-0.15, -0.1) is 22.7 Å². The molecule has 0 aliphatic carbocycles. The fourth-order valence-electron chi connectivity index (χ4n) is 7.38. The van der Waals surface area contributed by atoms with Crippen LogP contribution < -0.4 is 4.90 Å². The number of fused-ring (bicyclic) bond motifs is 9. The van der Waals surface area contributed by atoms with Crippen molar-refractivity contribution in [3.63, 3.8) is 0 Å². The normalized spacial score (nSPS) is 11.8. The van der Waals surface area contributed by atoms with Gasteiger partial charge < -0.3 is 4.90 Å². The lowest BCUT2D eigenvalue weighted by molar-refractivity contribution is 1.34. The fourth-order valence-corrected chi connectivity index (χ4v) is 9.75. The van der Waals surface area contributed by atoms with Gasteiger partial charge >= 0.3 is 0 Å². The van der Waals surface area contributed by atoms with E-state index in [1.165, 1.54) is 90.1 Å². The Kier molecular flexibility index (Phi) is 5.98. The van der Waals surface area contributed by atoms with E-state index >= 15 is 0 Å². The van der Waals surface area contributed by atoms with Crippen molar-refractivity contribution in [1.82, 2.24) is 0 Å². The molecular weight excluding hydrogens is 607 g/mol. The molecule has 2 heterocycles. The number of rotatable bonds is 4. The first-order chi connectivity index (χ1) is 23.3. The van der Waals surface area contributed by atoms with E-state index in [4.69, 9.17) is 0 Å². The van der Waals surface area contributed by atoms with Gasteiger partial charge in [0.15, 0.2) is 0 Å². The van der Waals surface area contributed by atoms with Crippen molar-refractivity contribution >= 4 is 102 Å². The predicted octanol–water partition coefficient (Wildman–Crippen LogP) is 13.9. The van der Waals surface area contributed by atoms with Crippen LogP contribution in [0.3, 0.4) is 0 Å². The molecule has 10 rings (SSSR count). The molecule has 0 bridgehead atoms. The average molecular weight is 634 g/mol. The van der Waals surface area contributed by atoms with E-state index in [0.29, 0.717) is 0 Å². The molecule has 8 aromatic carbocycles. The van der Waals surface area contributed by atoms with Gasteiger partial charge in [0.1, 0.15) is 0 Å². The summed E-state index contributed by atoms with van der Waals surface area (Å²) in [5, 5.41) is 10.2. The topological polar surface area (TPSA) is 3.24 Å². The summed E-state index contributed by atoms with van der Waals surface area (Å²) in [6.45, 7) is 0. The van der Waals surface area contributed by atoms with Crippen molar-refractivity contribution < 1.29 is 0 Å². The lowest BCUT2D eigenvalue weighted by Crippen LogP contribution is -2.12. The molecule has 0 spiro atoms. The van der Waals surface area contributed by atoms with Gasteiger partial charge in [-0.3, -0.25) is 0 Å². The number of thiophene rings is 2. The van der Waals surface area contributed by atoms with Gasteiger partial charge in [-0.05, 0) is 52.1 Å². The Bertz CT molecular complexity index is 2810. The maximum atomic E-state index is 2.59. The molecule has 0 saturated heterocycles. The summed E-state index contributed by atoms with van der Waals surface area (Å²) in [6.07, 6.45) is 0. The third-order valence-electron chi connectivity index (χ3n) is 9.44. The Hall–Kier alpha value is -5.48. The van der Waals surface area contributed by atoms with Crippen molar-refractivity contribution in [2.24, 2.45) is 0 Å². The molecule has 10 aromatic rings. The molecule has 0 aliphatic heterocycles. The summed E-state index contributed by atoms with van der Waals surface area (Å²) in [7, 11) is 0. The molecule has 47 heavy (non-hydrogen) atoms. The molecule has 3 heteroatoms. The Morgan fingerprint density at radius 1 is 0.383 bits per heavy atom. The largest absolute Gasteiger partial charge is 0.307 e. The van der Waals surface area contributed by atoms with Gasteiger partial charge in [0, 0.05) is 46.6 Å². The smallest absolute Gasteiger partial charge is 0.0719 e. The van der Waals surface area contributed by atoms with Crippen LogP contribution in [0.4, 0.5) is 17.1 Å². The minimum atomic E-state index is 1.18. The summed E-state index contributed by atoms with van der Waals surface area (Å²) < 4.78 is 5.20. The van der Waals surface area contributed by atoms with Crippen LogP contribution in [0.2, 0.25) is 0 Å². The lowest BCUT2D eigenvalue weighted by atomic mass is 9.96. The zero-order chi connectivity index (χ0) is 30.9. The van der Waals surface area contributed by atoms with E-state index in [9.17, 15) is 0 Å². The maximum absolute atomic E-state index is 2.59. The first kappa shape index (κ1) is 26.7. The Morgan fingerprint density at radius 2 is 1.02 bits per heavy atom. The number of anilines is 3. The first-order valence-electron chi connectivity index (χ1n) is 15.9. The van der Waals surface area contributed by atoms with Crippen LogP contribution in [0.25, 0.3) is 73.0 Å². The van der Waals surface area contributed by atoms with E-state index in [0.717, 1.165) is 0 Å². The molecule has 2 aromatic heterocycles. The Balaban J connectivity index is 1.44. The molecule has 220 valence electrons. The highest BCUT2D eigenvalue weighted by atomic mass is 32.1. The SMILES string of the molecule is c1ccc(-c2ccc3c(sc4ccccc43)c2N(c2cc3ccccc3c3ccccc23)c2cccc3sc4ccccc4c23)cc1. The molecule has 0 amide bonds. The predicted molar refractivity (Wildman–Crippen MR) is 207 cm³/mol. The standard InChI is InChI=1S/C44H27NS2/c1-2-13-28(14-3-1)31-25-26-35-34-19-8-10-22-39(34)47-44(35)43(31)45(37-21-12-24-41-42(37)36-20-9-11-23-40(36)46-41)38-27-29-15-4-5-16-30(29)32-17-6-7-18-33(32)38/h1-27H. The number of nitrogens with zero attached hydrogens (tertiary/aromatic N) is 1. The van der Waals surface area contributed by atoms with E-state index < -0.39 is 0 Å². The Morgan fingerprint density at radius 3 is 1.85 bits per heavy atom. The summed E-state index contributed by atoms with van der Waals surface area (Å²) in [6, 6.07) is 60.2. The molecule has 0 N–H and O–H groups in total. The first-order valence-corrected chi connectivity index (χ1v) is 17.6. The highest BCUT2D eigenvalue weighted by Crippen LogP contribution is 2.53. The van der Waals surface area contributed by atoms with Crippen molar-refractivity contribution in [1.29, 1.82) is 0 Å². The molecule has 0 atom stereocenters. The summed E-state index contributed by atoms with van der Waals surface area (Å²) in [5.74, 6) is 0. The van der Waals surface area contributed by atoms with E-state index in [1.54, 1.807) is 0 Å². The monoisotopic (exact) mass is 633 g/mol. The van der Waals surface area contributed by atoms with E-state index in [1.807, 2.05) is 22.7 Å². The van der Waals surface area contributed by atoms with E-state index in [-0.39, 0.29) is 0 Å².